The summed E-state index contributed by atoms with van der Waals surface area (Å²) < 4.78 is 12.5. The first-order chi connectivity index (χ1) is 30.7. The molecule has 0 atom stereocenters. The number of nitrogens with zero attached hydrogens (tertiary/aromatic N) is 2. The molecule has 0 aliphatic heterocycles. The molecule has 0 fully saturated rings. The summed E-state index contributed by atoms with van der Waals surface area (Å²) in [6, 6.07) is 76.4. The van der Waals surface area contributed by atoms with Crippen LogP contribution >= 0.6 is 0 Å². The van der Waals surface area contributed by atoms with Crippen LogP contribution in [0.4, 0.5) is 0 Å². The maximum Gasteiger partial charge on any atom is 0.160 e. The van der Waals surface area contributed by atoms with Gasteiger partial charge in [0.1, 0.15) is 22.3 Å². The molecule has 12 rings (SSSR count). The van der Waals surface area contributed by atoms with Crippen molar-refractivity contribution < 1.29 is 8.83 Å². The van der Waals surface area contributed by atoms with Crippen LogP contribution in [-0.2, 0) is 0 Å². The van der Waals surface area contributed by atoms with Crippen LogP contribution in [-0.4, -0.2) is 9.97 Å². The molecule has 4 nitrogen and oxygen atoms in total. The predicted octanol–water partition coefficient (Wildman–Crippen LogP) is 15.9. The summed E-state index contributed by atoms with van der Waals surface area (Å²) in [5.41, 5.74) is 17.0. The van der Waals surface area contributed by atoms with Crippen molar-refractivity contribution >= 4 is 43.9 Å². The first-order valence-corrected chi connectivity index (χ1v) is 20.9. The quantitative estimate of drug-likeness (QED) is 0.161. The third-order valence-corrected chi connectivity index (χ3v) is 11.9. The van der Waals surface area contributed by atoms with Crippen LogP contribution in [0.3, 0.4) is 0 Å². The molecule has 4 heteroatoms. The van der Waals surface area contributed by atoms with Crippen LogP contribution in [0.5, 0.6) is 0 Å². The van der Waals surface area contributed by atoms with Gasteiger partial charge in [-0.3, -0.25) is 0 Å². The van der Waals surface area contributed by atoms with Gasteiger partial charge >= 0.3 is 0 Å². The summed E-state index contributed by atoms with van der Waals surface area (Å²) in [6.45, 7) is 0. The Kier molecular flexibility index (Phi) is 8.46. The smallest absolute Gasteiger partial charge is 0.160 e. The van der Waals surface area contributed by atoms with Crippen molar-refractivity contribution in [3.63, 3.8) is 0 Å². The number of fused-ring (bicyclic) bond motifs is 6. The number of benzene rings is 9. The van der Waals surface area contributed by atoms with Crippen molar-refractivity contribution in [2.75, 3.05) is 0 Å². The predicted molar refractivity (Wildman–Crippen MR) is 255 cm³/mol. The van der Waals surface area contributed by atoms with E-state index in [0.717, 1.165) is 105 Å². The van der Waals surface area contributed by atoms with Crippen LogP contribution in [0, 0.1) is 0 Å². The summed E-state index contributed by atoms with van der Waals surface area (Å²) in [6.07, 6.45) is 0. The highest BCUT2D eigenvalue weighted by molar-refractivity contribution is 6.07. The van der Waals surface area contributed by atoms with E-state index in [2.05, 4.69) is 182 Å². The van der Waals surface area contributed by atoms with Crippen molar-refractivity contribution in [2.45, 2.75) is 0 Å². The lowest BCUT2D eigenvalue weighted by atomic mass is 9.94. The maximum absolute atomic E-state index is 6.24. The summed E-state index contributed by atoms with van der Waals surface area (Å²) in [7, 11) is 0. The highest BCUT2D eigenvalue weighted by Gasteiger charge is 2.17. The van der Waals surface area contributed by atoms with Gasteiger partial charge in [-0.15, -0.1) is 0 Å². The molecule has 62 heavy (non-hydrogen) atoms. The maximum atomic E-state index is 6.24. The van der Waals surface area contributed by atoms with Crippen LogP contribution < -0.4 is 0 Å². The molecule has 0 aliphatic carbocycles. The third kappa shape index (κ3) is 6.42. The number of para-hydroxylation sites is 2. The van der Waals surface area contributed by atoms with Gasteiger partial charge in [-0.2, -0.15) is 0 Å². The number of hydrogen-bond acceptors (Lipinski definition) is 4. The average Bonchev–Trinajstić information content (AvgIpc) is 3.92. The van der Waals surface area contributed by atoms with Gasteiger partial charge in [-0.25, -0.2) is 9.97 Å². The Bertz CT molecular complexity index is 3370. The van der Waals surface area contributed by atoms with E-state index < -0.39 is 0 Å². The summed E-state index contributed by atoms with van der Waals surface area (Å²) in [4.78, 5) is 10.7. The van der Waals surface area contributed by atoms with Crippen molar-refractivity contribution in [3.8, 4) is 78.4 Å². The van der Waals surface area contributed by atoms with Gasteiger partial charge in [0, 0.05) is 38.2 Å². The Morgan fingerprint density at radius 1 is 0.226 bits per heavy atom. The topological polar surface area (TPSA) is 52.1 Å². The van der Waals surface area contributed by atoms with Gasteiger partial charge in [0.25, 0.3) is 0 Å². The lowest BCUT2D eigenvalue weighted by Gasteiger charge is -2.14. The van der Waals surface area contributed by atoms with E-state index in [1.54, 1.807) is 0 Å². The zero-order chi connectivity index (χ0) is 41.0. The minimum absolute atomic E-state index is 0.643. The molecular formula is C58H36N2O2. The lowest BCUT2D eigenvalue weighted by Crippen LogP contribution is -1.97. The monoisotopic (exact) mass is 792 g/mol. The van der Waals surface area contributed by atoms with E-state index in [9.17, 15) is 0 Å². The van der Waals surface area contributed by atoms with E-state index in [4.69, 9.17) is 18.8 Å². The van der Waals surface area contributed by atoms with E-state index in [1.165, 1.54) is 11.1 Å². The molecule has 0 saturated carbocycles. The second kappa shape index (κ2) is 14.7. The average molecular weight is 793 g/mol. The SMILES string of the molecule is c1ccc(-c2ccc(-c3cc(-c4ccc(-c5ccccc5)cc4)nc(-c4cc(-c5ccc6oc7ccccc7c6c5)cc(-c5ccc6oc7ccccc7c6c5)c4)n3)cc2)cc1. The van der Waals surface area contributed by atoms with Crippen molar-refractivity contribution in [1.29, 1.82) is 0 Å². The molecule has 0 bridgehead atoms. The normalized spacial score (nSPS) is 11.5. The van der Waals surface area contributed by atoms with Crippen LogP contribution in [0.15, 0.2) is 227 Å². The largest absolute Gasteiger partial charge is 0.456 e. The van der Waals surface area contributed by atoms with Crippen molar-refractivity contribution in [3.05, 3.63) is 218 Å². The molecule has 290 valence electrons. The summed E-state index contributed by atoms with van der Waals surface area (Å²) in [5.74, 6) is 0.643. The molecule has 9 aromatic carbocycles. The fourth-order valence-corrected chi connectivity index (χ4v) is 8.70. The first kappa shape index (κ1) is 35.6. The highest BCUT2D eigenvalue weighted by Crippen LogP contribution is 2.39. The minimum Gasteiger partial charge on any atom is -0.456 e. The van der Waals surface area contributed by atoms with Crippen LogP contribution in [0.1, 0.15) is 0 Å². The Morgan fingerprint density at radius 3 is 1.05 bits per heavy atom. The summed E-state index contributed by atoms with van der Waals surface area (Å²) in [5, 5.41) is 4.34. The first-order valence-electron chi connectivity index (χ1n) is 20.9. The Balaban J connectivity index is 1.05. The van der Waals surface area contributed by atoms with Gasteiger partial charge in [0.05, 0.1) is 11.4 Å². The minimum atomic E-state index is 0.643. The van der Waals surface area contributed by atoms with Gasteiger partial charge < -0.3 is 8.83 Å². The Hall–Kier alpha value is -8.34. The molecule has 0 unspecified atom stereocenters. The fraction of sp³-hybridized carbons (Fsp3) is 0. The molecule has 0 N–H and O–H groups in total. The van der Waals surface area contributed by atoms with E-state index in [1.807, 2.05) is 36.4 Å². The number of furan rings is 2. The van der Waals surface area contributed by atoms with Crippen LogP contribution in [0.2, 0.25) is 0 Å². The second-order valence-electron chi connectivity index (χ2n) is 15.8. The molecule has 0 aliphatic rings. The van der Waals surface area contributed by atoms with Gasteiger partial charge in [-0.05, 0) is 105 Å². The second-order valence-corrected chi connectivity index (χ2v) is 15.8. The van der Waals surface area contributed by atoms with E-state index in [-0.39, 0.29) is 0 Å². The van der Waals surface area contributed by atoms with Crippen molar-refractivity contribution in [2.24, 2.45) is 0 Å². The Labute approximate surface area is 358 Å². The highest BCUT2D eigenvalue weighted by atomic mass is 16.3. The zero-order valence-corrected chi connectivity index (χ0v) is 33.5. The van der Waals surface area contributed by atoms with Crippen molar-refractivity contribution in [1.82, 2.24) is 9.97 Å². The number of aromatic nitrogens is 2. The summed E-state index contributed by atoms with van der Waals surface area (Å²) >= 11 is 0. The molecule has 3 aromatic heterocycles. The number of hydrogen-bond donors (Lipinski definition) is 0. The molecule has 0 amide bonds. The molecule has 3 heterocycles. The van der Waals surface area contributed by atoms with Gasteiger partial charge in [0.15, 0.2) is 5.82 Å². The van der Waals surface area contributed by atoms with Gasteiger partial charge in [-0.1, -0.05) is 158 Å². The number of rotatable bonds is 7. The standard InChI is InChI=1S/C58H36N2O2/c1-3-11-37(12-4-1)39-19-23-41(24-20-39)52-36-53(42-25-21-40(22-26-42)38-13-5-2-6-14-38)60-58(59-52)47-32-45(43-27-29-56-50(34-43)48-15-7-9-17-54(48)61-56)31-46(33-47)44-28-30-57-51(35-44)49-16-8-10-18-55(49)62-57/h1-36H. The molecule has 0 radical (unpaired) electrons. The van der Waals surface area contributed by atoms with Gasteiger partial charge in [0.2, 0.25) is 0 Å². The third-order valence-electron chi connectivity index (χ3n) is 11.9. The van der Waals surface area contributed by atoms with Crippen LogP contribution in [0.25, 0.3) is 122 Å². The zero-order valence-electron chi connectivity index (χ0n) is 33.5. The molecule has 12 aromatic rings. The molecule has 0 saturated heterocycles. The molecular weight excluding hydrogens is 757 g/mol. The lowest BCUT2D eigenvalue weighted by molar-refractivity contribution is 0.668. The van der Waals surface area contributed by atoms with E-state index >= 15 is 0 Å². The molecule has 0 spiro atoms. The van der Waals surface area contributed by atoms with E-state index in [0.29, 0.717) is 5.82 Å². The fourth-order valence-electron chi connectivity index (χ4n) is 8.70. The Morgan fingerprint density at radius 2 is 0.581 bits per heavy atom.